The van der Waals surface area contributed by atoms with Gasteiger partial charge in [-0.05, 0) is 83.8 Å². The Morgan fingerprint density at radius 3 is 1.28 bits per heavy atom. The second kappa shape index (κ2) is 20.9. The van der Waals surface area contributed by atoms with Crippen molar-refractivity contribution in [2.75, 3.05) is 11.5 Å². The molecule has 0 saturated carbocycles. The highest BCUT2D eigenvalue weighted by atomic mass is 32.3. The molecule has 2 bridgehead atoms. The van der Waals surface area contributed by atoms with Gasteiger partial charge in [0.15, 0.2) is 23.1 Å². The number of ether oxygens (including phenoxy) is 2. The first-order valence-electron chi connectivity index (χ1n) is 22.5. The van der Waals surface area contributed by atoms with Crippen molar-refractivity contribution in [1.29, 1.82) is 0 Å². The number of hydrogen-bond acceptors (Lipinski definition) is 7. The predicted molar refractivity (Wildman–Crippen MR) is 238 cm³/mol. The van der Waals surface area contributed by atoms with Crippen LogP contribution in [0.15, 0.2) is 119 Å². The lowest BCUT2D eigenvalue weighted by Gasteiger charge is -2.43. The smallest absolute Gasteiger partial charge is 0.490 e. The average molecular weight is 1240 g/mol. The van der Waals surface area contributed by atoms with Crippen molar-refractivity contribution in [2.45, 2.75) is 71.9 Å². The molecular formula is C50H25BF24O7S. The van der Waals surface area contributed by atoms with E-state index in [2.05, 4.69) is 0 Å². The lowest BCUT2D eigenvalue weighted by molar-refractivity contribution is -0.146. The Morgan fingerprint density at radius 2 is 0.867 bits per heavy atom. The first-order valence-corrected chi connectivity index (χ1v) is 24.5. The summed E-state index contributed by atoms with van der Waals surface area (Å²) in [5, 5.41) is 0. The minimum atomic E-state index is -6.51. The van der Waals surface area contributed by atoms with Crippen molar-refractivity contribution < 1.29 is 138 Å². The summed E-state index contributed by atoms with van der Waals surface area (Å²) in [6.07, 6.45) is -49.9. The van der Waals surface area contributed by atoms with Crippen molar-refractivity contribution in [3.05, 3.63) is 170 Å². The molecule has 444 valence electrons. The van der Waals surface area contributed by atoms with Gasteiger partial charge >= 0.3 is 56.7 Å². The van der Waals surface area contributed by atoms with Gasteiger partial charge in [0.05, 0.1) is 50.9 Å². The normalized spacial score (nSPS) is 15.9. The third kappa shape index (κ3) is 13.3. The van der Waals surface area contributed by atoms with Crippen molar-refractivity contribution in [3.8, 4) is 28.7 Å². The maximum atomic E-state index is 16.1. The lowest BCUT2D eigenvalue weighted by Crippen LogP contribution is -2.38. The molecule has 33 heteroatoms. The molecule has 0 N–H and O–H groups in total. The van der Waals surface area contributed by atoms with Gasteiger partial charge in [0.1, 0.15) is 17.2 Å². The van der Waals surface area contributed by atoms with Crippen LogP contribution in [0.25, 0.3) is 0 Å². The molecule has 2 aliphatic rings. The highest BCUT2D eigenvalue weighted by Gasteiger charge is 2.51. The Balaban J connectivity index is 1.53. The van der Waals surface area contributed by atoms with Crippen molar-refractivity contribution in [1.82, 2.24) is 0 Å². The summed E-state index contributed by atoms with van der Waals surface area (Å²) in [5.74, 6) is -14.0. The third-order valence-electron chi connectivity index (χ3n) is 12.2. The predicted octanol–water partition coefficient (Wildman–Crippen LogP) is 17.0. The quantitative estimate of drug-likeness (QED) is 0.0611. The van der Waals surface area contributed by atoms with Crippen LogP contribution in [0.1, 0.15) is 70.8 Å². The molecule has 6 aromatic rings. The molecule has 0 spiro atoms. The molecule has 6 aromatic carbocycles. The molecule has 2 unspecified atom stereocenters. The van der Waals surface area contributed by atoms with Crippen LogP contribution in [0.5, 0.6) is 28.7 Å². The van der Waals surface area contributed by atoms with Crippen LogP contribution in [0.3, 0.4) is 0 Å². The van der Waals surface area contributed by atoms with Gasteiger partial charge in [0.25, 0.3) is 0 Å². The highest BCUT2D eigenvalue weighted by Crippen LogP contribution is 2.69. The molecule has 0 aromatic heterocycles. The van der Waals surface area contributed by atoms with Crippen LogP contribution in [0.2, 0.25) is 0 Å². The first-order chi connectivity index (χ1) is 37.9. The SMILES string of the molecule is O=C(CS(CC(=O)c1ccc2c3c1CC(O2)O3)(c1cc(C(F)(F)F)cc(C(F)(F)F)c1)c1c(OB(Oc2cc(C(F)(F)F)cc(C(F)(F)F)c2)Oc2cc(C(F)(F)F)cc(C(F)(F)F)c2)cc(C(F)(F)F)cc1C(F)(F)F)c1ccccc1. The van der Waals surface area contributed by atoms with Gasteiger partial charge < -0.3 is 23.4 Å². The van der Waals surface area contributed by atoms with E-state index in [-0.39, 0.29) is 29.2 Å². The molecule has 8 rings (SSSR count). The second-order valence-corrected chi connectivity index (χ2v) is 21.1. The summed E-state index contributed by atoms with van der Waals surface area (Å²) in [4.78, 5) is 25.7. The summed E-state index contributed by atoms with van der Waals surface area (Å²) in [5.41, 5.74) is -21.5. The topological polar surface area (TPSA) is 80.3 Å². The van der Waals surface area contributed by atoms with Crippen molar-refractivity contribution in [3.63, 3.8) is 0 Å². The molecule has 2 heterocycles. The fourth-order valence-corrected chi connectivity index (χ4v) is 12.5. The van der Waals surface area contributed by atoms with Crippen molar-refractivity contribution >= 4 is 28.9 Å². The molecule has 0 saturated heterocycles. The van der Waals surface area contributed by atoms with Gasteiger partial charge in [-0.25, -0.2) is 0 Å². The largest absolute Gasteiger partial charge is 0.864 e. The number of alkyl halides is 24. The van der Waals surface area contributed by atoms with E-state index in [9.17, 15) is 83.8 Å². The number of benzene rings is 6. The van der Waals surface area contributed by atoms with Crippen molar-refractivity contribution in [2.24, 2.45) is 0 Å². The van der Waals surface area contributed by atoms with E-state index in [0.717, 1.165) is 36.4 Å². The van der Waals surface area contributed by atoms with Crippen LogP contribution in [-0.4, -0.2) is 36.7 Å². The average Bonchev–Trinajstić information content (AvgIpc) is 3.79. The maximum absolute atomic E-state index is 16.1. The van der Waals surface area contributed by atoms with E-state index in [4.69, 9.17) is 23.4 Å². The Hall–Kier alpha value is -7.61. The van der Waals surface area contributed by atoms with Crippen LogP contribution in [0.4, 0.5) is 105 Å². The van der Waals surface area contributed by atoms with Gasteiger partial charge in [-0.15, -0.1) is 0 Å². The van der Waals surface area contributed by atoms with Crippen LogP contribution >= 0.6 is 10.0 Å². The van der Waals surface area contributed by atoms with Gasteiger partial charge in [0, 0.05) is 33.1 Å². The Morgan fingerprint density at radius 1 is 0.458 bits per heavy atom. The van der Waals surface area contributed by atoms with Crippen LogP contribution in [-0.2, 0) is 55.8 Å². The van der Waals surface area contributed by atoms with Gasteiger partial charge in [-0.1, -0.05) is 30.3 Å². The molecule has 0 amide bonds. The summed E-state index contributed by atoms with van der Waals surface area (Å²) >= 11 is 0. The number of fused-ring (bicyclic) bond motifs is 1. The number of Topliss-reactive ketones (excluding diaryl/α,β-unsaturated/α-hetero) is 2. The molecule has 7 nitrogen and oxygen atoms in total. The number of carbonyl (C=O) groups is 2. The Bertz CT molecular complexity index is 3320. The first kappa shape index (κ1) is 61.5. The Kier molecular flexibility index (Phi) is 15.5. The van der Waals surface area contributed by atoms with E-state index in [1.807, 2.05) is 0 Å². The highest BCUT2D eigenvalue weighted by molar-refractivity contribution is 8.34. The maximum Gasteiger partial charge on any atom is 0.864 e. The van der Waals surface area contributed by atoms with E-state index >= 15 is 31.1 Å². The fraction of sp³-hybridized carbons (Fsp3) is 0.240. The van der Waals surface area contributed by atoms with Crippen LogP contribution in [0, 0.1) is 0 Å². The Labute approximate surface area is 449 Å². The second-order valence-electron chi connectivity index (χ2n) is 17.9. The summed E-state index contributed by atoms with van der Waals surface area (Å²) in [6, 6.07) is 0.942. The van der Waals surface area contributed by atoms with Gasteiger partial charge in [-0.2, -0.15) is 115 Å². The monoisotopic (exact) mass is 1240 g/mol. The zero-order valence-electron chi connectivity index (χ0n) is 40.0. The zero-order valence-corrected chi connectivity index (χ0v) is 40.8. The number of ketones is 2. The lowest BCUT2D eigenvalue weighted by atomic mass is 10.00. The number of rotatable bonds is 14. The standard InChI is InChI=1S/C50H25BF24O7S/c52-43(53,54)23-8-24(44(55,56)57)12-30(11-23)80-51(81-31-13-25(45(58,59)60)9-26(14-31)46(61,62)63)82-39-18-29(49(70,71)72)17-35(50(73,74)75)42(39)83(20-36(76)22-4-2-1-3-5-22,32-15-27(47(64,65)66)10-28(16-32)48(67,68)69)21-37(77)33-6-7-38-41-34(33)19-40(78-38)79-41/h1-18,40H,19-21H2. The van der Waals surface area contributed by atoms with Crippen LogP contribution < -0.4 is 23.4 Å². The van der Waals surface area contributed by atoms with E-state index in [0.29, 0.717) is 0 Å². The van der Waals surface area contributed by atoms with E-state index in [1.54, 1.807) is 0 Å². The summed E-state index contributed by atoms with van der Waals surface area (Å²) in [6.45, 7) is 0. The zero-order chi connectivity index (χ0) is 61.6. The van der Waals surface area contributed by atoms with Gasteiger partial charge in [-0.3, -0.25) is 9.59 Å². The number of hydrogen-bond donors (Lipinski definition) is 0. The molecular weight excluding hydrogens is 1210 g/mol. The number of halogens is 24. The summed E-state index contributed by atoms with van der Waals surface area (Å²) in [7, 11) is -9.57. The molecule has 0 fully saturated rings. The van der Waals surface area contributed by atoms with Gasteiger partial charge in [0.2, 0.25) is 6.29 Å². The minimum absolute atomic E-state index is 0.103. The third-order valence-corrected chi connectivity index (χ3v) is 16.0. The van der Waals surface area contributed by atoms with E-state index in [1.165, 1.54) is 6.07 Å². The fourth-order valence-electron chi connectivity index (χ4n) is 8.56. The number of carbonyl (C=O) groups excluding carboxylic acids is 2. The minimum Gasteiger partial charge on any atom is -0.490 e. The molecule has 2 atom stereocenters. The molecule has 0 aliphatic carbocycles. The van der Waals surface area contributed by atoms with E-state index < -0.39 is 240 Å². The summed E-state index contributed by atoms with van der Waals surface area (Å²) < 4.78 is 379. The molecule has 0 radical (unpaired) electrons. The molecule has 83 heavy (non-hydrogen) atoms. The molecule has 2 aliphatic heterocycles.